The van der Waals surface area contributed by atoms with Gasteiger partial charge >= 0.3 is 0 Å². The summed E-state index contributed by atoms with van der Waals surface area (Å²) in [6.45, 7) is 0.610. The molecule has 174 valence electrons. The smallest absolute Gasteiger partial charge is 0.244 e. The lowest BCUT2D eigenvalue weighted by atomic mass is 9.47. The van der Waals surface area contributed by atoms with Crippen molar-refractivity contribution in [3.05, 3.63) is 0 Å². The Morgan fingerprint density at radius 3 is 2.47 bits per heavy atom. The summed E-state index contributed by atoms with van der Waals surface area (Å²) in [5, 5.41) is 15.1. The second-order valence-corrected chi connectivity index (χ2v) is 11.8. The first-order valence-electron chi connectivity index (χ1n) is 12.0. The first kappa shape index (κ1) is 22.0. The van der Waals surface area contributed by atoms with Crippen molar-refractivity contribution < 1.29 is 14.4 Å². The third-order valence-electron chi connectivity index (χ3n) is 8.63. The molecule has 0 aromatic rings. The third kappa shape index (κ3) is 3.90. The fourth-order valence-electron chi connectivity index (χ4n) is 7.44. The van der Waals surface area contributed by atoms with Crippen LogP contribution in [0, 0.1) is 40.4 Å². The molecule has 9 heteroatoms. The highest BCUT2D eigenvalue weighted by atomic mass is 32.2. The number of nitrogens with one attached hydrogen (secondary N) is 2. The summed E-state index contributed by atoms with van der Waals surface area (Å²) in [6.07, 6.45) is 7.99. The first-order valence-corrected chi connectivity index (χ1v) is 13.2. The fraction of sp³-hybridized carbons (Fsp3) is 0.826. The quantitative estimate of drug-likeness (QED) is 0.543. The Labute approximate surface area is 193 Å². The van der Waals surface area contributed by atoms with Crippen molar-refractivity contribution in [2.24, 2.45) is 34.8 Å². The number of nitrogens with two attached hydrogens (primary N) is 1. The van der Waals surface area contributed by atoms with Crippen LogP contribution in [0.1, 0.15) is 51.4 Å². The van der Waals surface area contributed by atoms with Gasteiger partial charge in [0.1, 0.15) is 12.1 Å². The zero-order valence-corrected chi connectivity index (χ0v) is 19.2. The van der Waals surface area contributed by atoms with Crippen LogP contribution in [-0.2, 0) is 14.4 Å². The van der Waals surface area contributed by atoms with E-state index < -0.39 is 18.1 Å². The summed E-state index contributed by atoms with van der Waals surface area (Å²) in [5.41, 5.74) is 6.58. The predicted molar refractivity (Wildman–Crippen MR) is 120 cm³/mol. The summed E-state index contributed by atoms with van der Waals surface area (Å²) in [5.74, 6) is 2.34. The van der Waals surface area contributed by atoms with Crippen LogP contribution in [0.5, 0.6) is 0 Å². The largest absolute Gasteiger partial charge is 0.356 e. The second kappa shape index (κ2) is 8.53. The van der Waals surface area contributed by atoms with E-state index in [2.05, 4.69) is 16.7 Å². The van der Waals surface area contributed by atoms with Gasteiger partial charge in [-0.05, 0) is 74.5 Å². The molecule has 4 aliphatic carbocycles. The topological polar surface area (TPSA) is 128 Å². The molecule has 4 atom stereocenters. The Hall–Kier alpha value is -1.79. The molecule has 0 unspecified atom stereocenters. The van der Waals surface area contributed by atoms with Crippen LogP contribution in [0.3, 0.4) is 0 Å². The highest BCUT2D eigenvalue weighted by molar-refractivity contribution is 7.99. The number of rotatable bonds is 6. The van der Waals surface area contributed by atoms with Gasteiger partial charge in [0.15, 0.2) is 0 Å². The van der Waals surface area contributed by atoms with Gasteiger partial charge in [-0.15, -0.1) is 11.8 Å². The number of hydrogen-bond acceptors (Lipinski definition) is 6. The summed E-state index contributed by atoms with van der Waals surface area (Å²) in [6, 6.07) is 0.206. The summed E-state index contributed by atoms with van der Waals surface area (Å²) >= 11 is 1.55. The van der Waals surface area contributed by atoms with Gasteiger partial charge in [-0.3, -0.25) is 14.4 Å². The number of thioether (sulfide) groups is 1. The maximum absolute atomic E-state index is 13.5. The van der Waals surface area contributed by atoms with Crippen LogP contribution < -0.4 is 16.4 Å². The van der Waals surface area contributed by atoms with Gasteiger partial charge in [-0.25, -0.2) is 0 Å². The van der Waals surface area contributed by atoms with Gasteiger partial charge in [-0.1, -0.05) is 0 Å². The van der Waals surface area contributed by atoms with Crippen molar-refractivity contribution in [1.82, 2.24) is 15.5 Å². The number of carbonyl (C=O) groups excluding carboxylic acids is 3. The molecule has 6 rings (SSSR count). The van der Waals surface area contributed by atoms with Crippen molar-refractivity contribution in [1.29, 1.82) is 5.26 Å². The van der Waals surface area contributed by atoms with E-state index in [1.807, 2.05) is 0 Å². The van der Waals surface area contributed by atoms with E-state index in [-0.39, 0.29) is 29.1 Å². The van der Waals surface area contributed by atoms with E-state index in [0.29, 0.717) is 48.8 Å². The third-order valence-corrected chi connectivity index (χ3v) is 9.65. The second-order valence-electron chi connectivity index (χ2n) is 10.8. The van der Waals surface area contributed by atoms with Gasteiger partial charge < -0.3 is 21.3 Å². The number of nitriles is 1. The maximum atomic E-state index is 13.5. The monoisotopic (exact) mass is 459 g/mol. The number of hydrogen-bond donors (Lipinski definition) is 3. The van der Waals surface area contributed by atoms with E-state index in [1.54, 1.807) is 16.7 Å². The van der Waals surface area contributed by atoms with Crippen molar-refractivity contribution in [2.45, 2.75) is 69.5 Å². The molecule has 0 aromatic carbocycles. The SMILES string of the molecule is N#C[C@H](C[C@@H]1CCNC1=O)NC(=O)[C@@H]1CSCN1C(=O)[C@@H](N)C12CC3CC(CC(C3)C1)C2. The summed E-state index contributed by atoms with van der Waals surface area (Å²) in [4.78, 5) is 40.1. The minimum absolute atomic E-state index is 0.0609. The summed E-state index contributed by atoms with van der Waals surface area (Å²) < 4.78 is 0. The number of nitrogens with zero attached hydrogens (tertiary/aromatic N) is 2. The Bertz CT molecular complexity index is 807. The molecule has 32 heavy (non-hydrogen) atoms. The van der Waals surface area contributed by atoms with Gasteiger partial charge in [0.25, 0.3) is 0 Å². The summed E-state index contributed by atoms with van der Waals surface area (Å²) in [7, 11) is 0. The Morgan fingerprint density at radius 1 is 1.25 bits per heavy atom. The molecule has 0 radical (unpaired) electrons. The fourth-order valence-corrected chi connectivity index (χ4v) is 8.61. The van der Waals surface area contributed by atoms with Crippen molar-refractivity contribution in [2.75, 3.05) is 18.2 Å². The minimum Gasteiger partial charge on any atom is -0.356 e. The Morgan fingerprint density at radius 2 is 1.91 bits per heavy atom. The highest BCUT2D eigenvalue weighted by Gasteiger charge is 2.56. The molecule has 3 amide bonds. The van der Waals surface area contributed by atoms with Gasteiger partial charge in [0.05, 0.1) is 18.0 Å². The van der Waals surface area contributed by atoms with E-state index in [1.165, 1.54) is 19.3 Å². The van der Waals surface area contributed by atoms with E-state index in [0.717, 1.165) is 19.3 Å². The van der Waals surface area contributed by atoms with Crippen molar-refractivity contribution >= 4 is 29.5 Å². The zero-order valence-electron chi connectivity index (χ0n) is 18.4. The molecular weight excluding hydrogens is 426 g/mol. The molecule has 4 saturated carbocycles. The molecule has 6 fully saturated rings. The average Bonchev–Trinajstić information content (AvgIpc) is 3.40. The van der Waals surface area contributed by atoms with Crippen LogP contribution in [0.25, 0.3) is 0 Å². The number of carbonyl (C=O) groups is 3. The van der Waals surface area contributed by atoms with E-state index in [4.69, 9.17) is 5.73 Å². The van der Waals surface area contributed by atoms with Crippen LogP contribution in [0.15, 0.2) is 0 Å². The maximum Gasteiger partial charge on any atom is 0.244 e. The van der Waals surface area contributed by atoms with Gasteiger partial charge in [-0.2, -0.15) is 5.26 Å². The van der Waals surface area contributed by atoms with E-state index in [9.17, 15) is 19.6 Å². The molecule has 6 aliphatic rings. The normalized spacial score (nSPS) is 39.4. The lowest BCUT2D eigenvalue weighted by molar-refractivity contribution is -0.147. The van der Waals surface area contributed by atoms with Crippen LogP contribution in [-0.4, -0.2) is 58.9 Å². The standard InChI is InChI=1S/C23H33N5O3S/c24-10-17(6-16-1-2-26-20(16)29)27-21(30)18-11-32-12-28(18)22(31)19(25)23-7-13-3-14(8-23)5-15(4-13)9-23/h13-19H,1-9,11-12,25H2,(H,26,29)(H,27,30)/t13?,14?,15?,16-,17-,18-,19+,23?/m0/s1. The Kier molecular flexibility index (Phi) is 5.87. The zero-order chi connectivity index (χ0) is 22.5. The van der Waals surface area contributed by atoms with Gasteiger partial charge in [0.2, 0.25) is 17.7 Å². The first-order chi connectivity index (χ1) is 15.4. The molecule has 2 saturated heterocycles. The molecule has 0 spiro atoms. The molecule has 0 aromatic heterocycles. The van der Waals surface area contributed by atoms with Crippen LogP contribution >= 0.6 is 11.8 Å². The molecule has 4 N–H and O–H groups in total. The molecule has 4 bridgehead atoms. The van der Waals surface area contributed by atoms with E-state index >= 15 is 0 Å². The van der Waals surface area contributed by atoms with Crippen LogP contribution in [0.2, 0.25) is 0 Å². The average molecular weight is 460 g/mol. The predicted octanol–water partition coefficient (Wildman–Crippen LogP) is 0.966. The lowest BCUT2D eigenvalue weighted by Crippen LogP contribution is -2.62. The van der Waals surface area contributed by atoms with Crippen molar-refractivity contribution in [3.63, 3.8) is 0 Å². The van der Waals surface area contributed by atoms with Crippen molar-refractivity contribution in [3.8, 4) is 6.07 Å². The molecular formula is C23H33N5O3S. The lowest BCUT2D eigenvalue weighted by Gasteiger charge is -2.58. The molecule has 8 nitrogen and oxygen atoms in total. The van der Waals surface area contributed by atoms with Crippen LogP contribution in [0.4, 0.5) is 0 Å². The molecule has 2 aliphatic heterocycles. The Balaban J connectivity index is 1.24. The highest BCUT2D eigenvalue weighted by Crippen LogP contribution is 2.61. The number of amides is 3. The minimum atomic E-state index is -0.740. The molecule has 2 heterocycles. The van der Waals surface area contributed by atoms with Gasteiger partial charge in [0, 0.05) is 18.2 Å².